The molecule has 0 saturated heterocycles. The molecule has 32 heavy (non-hydrogen) atoms. The van der Waals surface area contributed by atoms with Crippen molar-refractivity contribution in [1.82, 2.24) is 0 Å². The van der Waals surface area contributed by atoms with Crippen LogP contribution in [0.4, 0.5) is 17.1 Å². The monoisotopic (exact) mass is 493 g/mol. The number of amides is 3. The van der Waals surface area contributed by atoms with Gasteiger partial charge in [0.2, 0.25) is 11.8 Å². The molecular formula is C24H20BrN3O4. The van der Waals surface area contributed by atoms with E-state index in [2.05, 4.69) is 26.6 Å². The number of methoxy groups -OCH3 is 1. The van der Waals surface area contributed by atoms with Gasteiger partial charge in [-0.2, -0.15) is 0 Å². The smallest absolute Gasteiger partial charge is 0.259 e. The van der Waals surface area contributed by atoms with Crippen LogP contribution in [0, 0.1) is 0 Å². The second-order valence-electron chi connectivity index (χ2n) is 7.19. The highest BCUT2D eigenvalue weighted by molar-refractivity contribution is 9.10. The molecule has 0 saturated carbocycles. The number of fused-ring (bicyclic) bond motifs is 1. The van der Waals surface area contributed by atoms with Crippen molar-refractivity contribution in [3.63, 3.8) is 0 Å². The van der Waals surface area contributed by atoms with Gasteiger partial charge in [-0.1, -0.05) is 28.1 Å². The van der Waals surface area contributed by atoms with Gasteiger partial charge < -0.3 is 15.4 Å². The van der Waals surface area contributed by atoms with Crippen LogP contribution in [0.25, 0.3) is 0 Å². The van der Waals surface area contributed by atoms with E-state index in [4.69, 9.17) is 4.74 Å². The van der Waals surface area contributed by atoms with Crippen LogP contribution >= 0.6 is 15.9 Å². The molecule has 1 aliphatic heterocycles. The molecule has 0 aromatic heterocycles. The summed E-state index contributed by atoms with van der Waals surface area (Å²) in [6.45, 7) is 0. The molecule has 0 bridgehead atoms. The quantitative estimate of drug-likeness (QED) is 0.549. The maximum Gasteiger partial charge on any atom is 0.259 e. The van der Waals surface area contributed by atoms with Gasteiger partial charge in [-0.05, 0) is 60.7 Å². The van der Waals surface area contributed by atoms with E-state index >= 15 is 0 Å². The number of hydrogen-bond acceptors (Lipinski definition) is 4. The highest BCUT2D eigenvalue weighted by atomic mass is 79.9. The SMILES string of the molecule is COc1ccc(NC(=O)CC2C(=O)Nc3ccccc3N2C(=O)c2ccc(Br)cc2)cc1. The van der Waals surface area contributed by atoms with E-state index in [1.54, 1.807) is 79.9 Å². The lowest BCUT2D eigenvalue weighted by molar-refractivity contribution is -0.122. The van der Waals surface area contributed by atoms with Gasteiger partial charge in [0.1, 0.15) is 11.8 Å². The lowest BCUT2D eigenvalue weighted by atomic mass is 10.0. The number of hydrogen-bond donors (Lipinski definition) is 2. The maximum atomic E-state index is 13.4. The Morgan fingerprint density at radius 1 is 1.03 bits per heavy atom. The van der Waals surface area contributed by atoms with Crippen molar-refractivity contribution >= 4 is 50.7 Å². The predicted octanol–water partition coefficient (Wildman–Crippen LogP) is 4.45. The number of anilines is 3. The van der Waals surface area contributed by atoms with Crippen molar-refractivity contribution in [2.75, 3.05) is 22.6 Å². The van der Waals surface area contributed by atoms with Crippen molar-refractivity contribution in [2.45, 2.75) is 12.5 Å². The van der Waals surface area contributed by atoms with E-state index < -0.39 is 11.9 Å². The number of benzene rings is 3. The number of carbonyl (C=O) groups is 3. The average Bonchev–Trinajstić information content (AvgIpc) is 2.80. The molecule has 0 spiro atoms. The largest absolute Gasteiger partial charge is 0.497 e. The summed E-state index contributed by atoms with van der Waals surface area (Å²) < 4.78 is 5.95. The third-order valence-electron chi connectivity index (χ3n) is 5.10. The molecule has 0 fully saturated rings. The van der Waals surface area contributed by atoms with Crippen molar-refractivity contribution in [3.8, 4) is 5.75 Å². The van der Waals surface area contributed by atoms with E-state index in [0.29, 0.717) is 28.4 Å². The zero-order chi connectivity index (χ0) is 22.7. The van der Waals surface area contributed by atoms with Crippen LogP contribution in [0.2, 0.25) is 0 Å². The first-order valence-electron chi connectivity index (χ1n) is 9.89. The molecule has 1 aliphatic rings. The molecule has 3 aromatic carbocycles. The first-order chi connectivity index (χ1) is 15.5. The molecule has 1 atom stereocenters. The Balaban J connectivity index is 1.62. The second kappa shape index (κ2) is 9.23. The Bertz CT molecular complexity index is 1160. The third kappa shape index (κ3) is 4.50. The highest BCUT2D eigenvalue weighted by Crippen LogP contribution is 2.34. The summed E-state index contributed by atoms with van der Waals surface area (Å²) >= 11 is 3.36. The Morgan fingerprint density at radius 2 is 1.72 bits per heavy atom. The summed E-state index contributed by atoms with van der Waals surface area (Å²) in [7, 11) is 1.56. The molecule has 4 rings (SSSR count). The number of halogens is 1. The van der Waals surface area contributed by atoms with Crippen LogP contribution in [0.1, 0.15) is 16.8 Å². The standard InChI is InChI=1S/C24H20BrN3O4/c1-32-18-12-10-17(11-13-18)26-22(29)14-21-23(30)27-19-4-2-3-5-20(19)28(21)24(31)15-6-8-16(25)9-7-15/h2-13,21H,14H2,1H3,(H,26,29)(H,27,30). The first-order valence-corrected chi connectivity index (χ1v) is 10.7. The minimum absolute atomic E-state index is 0.200. The zero-order valence-electron chi connectivity index (χ0n) is 17.2. The highest BCUT2D eigenvalue weighted by Gasteiger charge is 2.38. The van der Waals surface area contributed by atoms with Gasteiger partial charge in [-0.15, -0.1) is 0 Å². The number of nitrogens with zero attached hydrogens (tertiary/aromatic N) is 1. The van der Waals surface area contributed by atoms with Gasteiger partial charge in [0.25, 0.3) is 5.91 Å². The Labute approximate surface area is 193 Å². The number of ether oxygens (including phenoxy) is 1. The van der Waals surface area contributed by atoms with E-state index in [0.717, 1.165) is 4.47 Å². The van der Waals surface area contributed by atoms with E-state index in [-0.39, 0.29) is 18.2 Å². The molecular weight excluding hydrogens is 474 g/mol. The van der Waals surface area contributed by atoms with Crippen LogP contribution in [0.15, 0.2) is 77.3 Å². The molecule has 2 N–H and O–H groups in total. The molecule has 3 aromatic rings. The topological polar surface area (TPSA) is 87.7 Å². The molecule has 7 nitrogen and oxygen atoms in total. The first kappa shape index (κ1) is 21.6. The van der Waals surface area contributed by atoms with Crippen LogP contribution in [-0.4, -0.2) is 30.9 Å². The molecule has 1 heterocycles. The maximum absolute atomic E-state index is 13.4. The van der Waals surface area contributed by atoms with Gasteiger partial charge in [0.05, 0.1) is 24.9 Å². The van der Waals surface area contributed by atoms with Crippen LogP contribution in [0.3, 0.4) is 0 Å². The van der Waals surface area contributed by atoms with Gasteiger partial charge in [0.15, 0.2) is 0 Å². The summed E-state index contributed by atoms with van der Waals surface area (Å²) in [5.74, 6) is -0.498. The average molecular weight is 494 g/mol. The minimum Gasteiger partial charge on any atom is -0.497 e. The molecule has 162 valence electrons. The summed E-state index contributed by atoms with van der Waals surface area (Å²) in [4.78, 5) is 40.5. The summed E-state index contributed by atoms with van der Waals surface area (Å²) in [5, 5.41) is 5.58. The number of carbonyl (C=O) groups excluding carboxylic acids is 3. The number of para-hydroxylation sites is 2. The Hall–Kier alpha value is -3.65. The summed E-state index contributed by atoms with van der Waals surface area (Å²) in [6.07, 6.45) is -0.200. The third-order valence-corrected chi connectivity index (χ3v) is 5.63. The Kier molecular flexibility index (Phi) is 6.23. The number of rotatable bonds is 5. The van der Waals surface area contributed by atoms with Gasteiger partial charge >= 0.3 is 0 Å². The van der Waals surface area contributed by atoms with Crippen LogP contribution in [0.5, 0.6) is 5.75 Å². The number of nitrogens with one attached hydrogen (secondary N) is 2. The lowest BCUT2D eigenvalue weighted by Gasteiger charge is -2.36. The van der Waals surface area contributed by atoms with Gasteiger partial charge in [-0.3, -0.25) is 19.3 Å². The minimum atomic E-state index is -1.00. The molecule has 3 amide bonds. The molecule has 1 unspecified atom stereocenters. The van der Waals surface area contributed by atoms with E-state index in [1.165, 1.54) is 4.90 Å². The molecule has 0 radical (unpaired) electrons. The van der Waals surface area contributed by atoms with Gasteiger partial charge in [-0.25, -0.2) is 0 Å². The fourth-order valence-corrected chi connectivity index (χ4v) is 3.78. The summed E-state index contributed by atoms with van der Waals surface area (Å²) in [5.41, 5.74) is 2.05. The van der Waals surface area contributed by atoms with Crippen molar-refractivity contribution in [1.29, 1.82) is 0 Å². The van der Waals surface area contributed by atoms with Crippen LogP contribution in [-0.2, 0) is 9.59 Å². The van der Waals surface area contributed by atoms with Crippen molar-refractivity contribution < 1.29 is 19.1 Å². The summed E-state index contributed by atoms with van der Waals surface area (Å²) in [6, 6.07) is 19.8. The Morgan fingerprint density at radius 3 is 2.41 bits per heavy atom. The van der Waals surface area contributed by atoms with Crippen molar-refractivity contribution in [2.24, 2.45) is 0 Å². The molecule has 8 heteroatoms. The van der Waals surface area contributed by atoms with Gasteiger partial charge in [0, 0.05) is 15.7 Å². The lowest BCUT2D eigenvalue weighted by Crippen LogP contribution is -2.52. The predicted molar refractivity (Wildman–Crippen MR) is 126 cm³/mol. The fraction of sp³-hybridized carbons (Fsp3) is 0.125. The second-order valence-corrected chi connectivity index (χ2v) is 8.10. The fourth-order valence-electron chi connectivity index (χ4n) is 3.52. The van der Waals surface area contributed by atoms with Crippen LogP contribution < -0.4 is 20.3 Å². The van der Waals surface area contributed by atoms with E-state index in [9.17, 15) is 14.4 Å². The zero-order valence-corrected chi connectivity index (χ0v) is 18.8. The van der Waals surface area contributed by atoms with E-state index in [1.807, 2.05) is 0 Å². The normalized spacial score (nSPS) is 14.9. The van der Waals surface area contributed by atoms with Crippen molar-refractivity contribution in [3.05, 3.63) is 82.8 Å². The molecule has 0 aliphatic carbocycles.